The second-order valence-corrected chi connectivity index (χ2v) is 3.44. The molecular formula is C9H18O3. The summed E-state index contributed by atoms with van der Waals surface area (Å²) in [7, 11) is 1.70. The van der Waals surface area contributed by atoms with E-state index in [0.717, 1.165) is 19.3 Å². The van der Waals surface area contributed by atoms with Gasteiger partial charge in [-0.15, -0.1) is 0 Å². The molecule has 3 nitrogen and oxygen atoms in total. The SMILES string of the molecule is COC[C@@]1(CCCCO)O[C@@H]1C. The molecule has 0 radical (unpaired) electrons. The fourth-order valence-electron chi connectivity index (χ4n) is 1.58. The number of epoxide rings is 1. The molecule has 1 heterocycles. The van der Waals surface area contributed by atoms with Gasteiger partial charge in [-0.3, -0.25) is 0 Å². The maximum atomic E-state index is 8.61. The summed E-state index contributed by atoms with van der Waals surface area (Å²) in [5.41, 5.74) is -0.0239. The van der Waals surface area contributed by atoms with Crippen LogP contribution in [-0.4, -0.2) is 37.1 Å². The summed E-state index contributed by atoms with van der Waals surface area (Å²) < 4.78 is 10.6. The van der Waals surface area contributed by atoms with Crippen LogP contribution in [0.2, 0.25) is 0 Å². The Morgan fingerprint density at radius 1 is 1.50 bits per heavy atom. The molecule has 1 N–H and O–H groups in total. The number of ether oxygens (including phenoxy) is 2. The maximum absolute atomic E-state index is 8.61. The molecule has 0 unspecified atom stereocenters. The minimum absolute atomic E-state index is 0.0239. The summed E-state index contributed by atoms with van der Waals surface area (Å²) in [6.07, 6.45) is 3.21. The van der Waals surface area contributed by atoms with Crippen LogP contribution in [0.5, 0.6) is 0 Å². The number of rotatable bonds is 6. The topological polar surface area (TPSA) is 42.0 Å². The van der Waals surface area contributed by atoms with E-state index < -0.39 is 0 Å². The highest BCUT2D eigenvalue weighted by atomic mass is 16.6. The second-order valence-electron chi connectivity index (χ2n) is 3.44. The molecule has 12 heavy (non-hydrogen) atoms. The molecule has 0 amide bonds. The van der Waals surface area contributed by atoms with Gasteiger partial charge >= 0.3 is 0 Å². The number of aliphatic hydroxyl groups excluding tert-OH is 1. The summed E-state index contributed by atoms with van der Waals surface area (Å²) in [6, 6.07) is 0. The average Bonchev–Trinajstić information content (AvgIpc) is 2.63. The number of methoxy groups -OCH3 is 1. The van der Waals surface area contributed by atoms with Crippen LogP contribution in [0.1, 0.15) is 26.2 Å². The van der Waals surface area contributed by atoms with Crippen LogP contribution in [0.25, 0.3) is 0 Å². The monoisotopic (exact) mass is 174 g/mol. The highest BCUT2D eigenvalue weighted by molar-refractivity contribution is 4.99. The third kappa shape index (κ3) is 2.19. The molecule has 0 aliphatic carbocycles. The fourth-order valence-corrected chi connectivity index (χ4v) is 1.58. The summed E-state index contributed by atoms with van der Waals surface area (Å²) in [5, 5.41) is 8.61. The van der Waals surface area contributed by atoms with Gasteiger partial charge in [-0.25, -0.2) is 0 Å². The molecule has 0 aromatic rings. The molecule has 2 atom stereocenters. The van der Waals surface area contributed by atoms with Crippen molar-refractivity contribution in [1.29, 1.82) is 0 Å². The van der Waals surface area contributed by atoms with E-state index in [1.54, 1.807) is 7.11 Å². The maximum Gasteiger partial charge on any atom is 0.118 e. The highest BCUT2D eigenvalue weighted by Gasteiger charge is 2.52. The molecule has 1 rings (SSSR count). The molecule has 1 aliphatic rings. The summed E-state index contributed by atoms with van der Waals surface area (Å²) >= 11 is 0. The van der Waals surface area contributed by atoms with Crippen molar-refractivity contribution >= 4 is 0 Å². The molecule has 1 fully saturated rings. The molecule has 0 spiro atoms. The van der Waals surface area contributed by atoms with Gasteiger partial charge in [-0.05, 0) is 26.2 Å². The summed E-state index contributed by atoms with van der Waals surface area (Å²) in [4.78, 5) is 0. The van der Waals surface area contributed by atoms with E-state index in [-0.39, 0.29) is 12.2 Å². The fraction of sp³-hybridized carbons (Fsp3) is 1.00. The van der Waals surface area contributed by atoms with Crippen LogP contribution in [0.4, 0.5) is 0 Å². The molecule has 3 heteroatoms. The van der Waals surface area contributed by atoms with Gasteiger partial charge in [0.15, 0.2) is 0 Å². The Labute approximate surface area is 73.7 Å². The van der Waals surface area contributed by atoms with E-state index in [0.29, 0.717) is 12.7 Å². The van der Waals surface area contributed by atoms with Gasteiger partial charge in [-0.1, -0.05) is 0 Å². The Kier molecular flexibility index (Phi) is 3.50. The Morgan fingerprint density at radius 3 is 2.58 bits per heavy atom. The quantitative estimate of drug-likeness (QED) is 0.481. The Balaban J connectivity index is 2.18. The predicted octanol–water partition coefficient (Wildman–Crippen LogP) is 0.953. The molecule has 72 valence electrons. The van der Waals surface area contributed by atoms with Gasteiger partial charge < -0.3 is 14.6 Å². The van der Waals surface area contributed by atoms with Crippen molar-refractivity contribution in [2.45, 2.75) is 37.9 Å². The van der Waals surface area contributed by atoms with Crippen molar-refractivity contribution in [2.75, 3.05) is 20.3 Å². The van der Waals surface area contributed by atoms with Crippen molar-refractivity contribution < 1.29 is 14.6 Å². The molecule has 0 saturated carbocycles. The molecule has 1 saturated heterocycles. The van der Waals surface area contributed by atoms with E-state index >= 15 is 0 Å². The molecule has 0 aromatic heterocycles. The van der Waals surface area contributed by atoms with Crippen molar-refractivity contribution in [3.8, 4) is 0 Å². The lowest BCUT2D eigenvalue weighted by atomic mass is 10.00. The zero-order chi connectivity index (χ0) is 9.03. The number of aliphatic hydroxyl groups is 1. The van der Waals surface area contributed by atoms with E-state index in [1.165, 1.54) is 0 Å². The van der Waals surface area contributed by atoms with E-state index in [4.69, 9.17) is 14.6 Å². The van der Waals surface area contributed by atoms with Crippen LogP contribution < -0.4 is 0 Å². The zero-order valence-electron chi connectivity index (χ0n) is 7.88. The lowest BCUT2D eigenvalue weighted by Gasteiger charge is -2.10. The zero-order valence-corrected chi connectivity index (χ0v) is 7.88. The van der Waals surface area contributed by atoms with E-state index in [1.807, 2.05) is 0 Å². The second kappa shape index (κ2) is 4.21. The minimum atomic E-state index is -0.0239. The van der Waals surface area contributed by atoms with Crippen molar-refractivity contribution in [3.05, 3.63) is 0 Å². The normalized spacial score (nSPS) is 33.8. The first kappa shape index (κ1) is 9.96. The first-order valence-electron chi connectivity index (χ1n) is 4.53. The van der Waals surface area contributed by atoms with Gasteiger partial charge in [0.05, 0.1) is 12.7 Å². The van der Waals surface area contributed by atoms with Crippen molar-refractivity contribution in [2.24, 2.45) is 0 Å². The molecule has 0 aromatic carbocycles. The number of hydrogen-bond donors (Lipinski definition) is 1. The first-order valence-corrected chi connectivity index (χ1v) is 4.53. The van der Waals surface area contributed by atoms with Gasteiger partial charge in [0.1, 0.15) is 5.60 Å². The van der Waals surface area contributed by atoms with E-state index in [2.05, 4.69) is 6.92 Å². The first-order chi connectivity index (χ1) is 5.75. The van der Waals surface area contributed by atoms with Crippen LogP contribution in [-0.2, 0) is 9.47 Å². The number of unbranched alkanes of at least 4 members (excludes halogenated alkanes) is 1. The smallest absolute Gasteiger partial charge is 0.118 e. The van der Waals surface area contributed by atoms with Gasteiger partial charge in [-0.2, -0.15) is 0 Å². The van der Waals surface area contributed by atoms with Crippen molar-refractivity contribution in [1.82, 2.24) is 0 Å². The third-order valence-electron chi connectivity index (χ3n) is 2.49. The molecule has 0 bridgehead atoms. The molecular weight excluding hydrogens is 156 g/mol. The lowest BCUT2D eigenvalue weighted by molar-refractivity contribution is 0.112. The minimum Gasteiger partial charge on any atom is -0.396 e. The van der Waals surface area contributed by atoms with Crippen LogP contribution in [0, 0.1) is 0 Å². The molecule has 1 aliphatic heterocycles. The average molecular weight is 174 g/mol. The van der Waals surface area contributed by atoms with Gasteiger partial charge in [0, 0.05) is 13.7 Å². The Bertz CT molecular complexity index is 138. The van der Waals surface area contributed by atoms with Gasteiger partial charge in [0.2, 0.25) is 0 Å². The van der Waals surface area contributed by atoms with Crippen LogP contribution in [0.3, 0.4) is 0 Å². The standard InChI is InChI=1S/C9H18O3/c1-8-9(12-8,7-11-2)5-3-4-6-10/h8,10H,3-7H2,1-2H3/t8-,9-/m1/s1. The van der Waals surface area contributed by atoms with Crippen LogP contribution in [0.15, 0.2) is 0 Å². The summed E-state index contributed by atoms with van der Waals surface area (Å²) in [6.45, 7) is 3.02. The summed E-state index contributed by atoms with van der Waals surface area (Å²) in [5.74, 6) is 0. The van der Waals surface area contributed by atoms with Crippen LogP contribution >= 0.6 is 0 Å². The van der Waals surface area contributed by atoms with E-state index in [9.17, 15) is 0 Å². The predicted molar refractivity (Wildman–Crippen MR) is 46.1 cm³/mol. The Hall–Kier alpha value is -0.120. The third-order valence-corrected chi connectivity index (χ3v) is 2.49. The Morgan fingerprint density at radius 2 is 2.17 bits per heavy atom. The van der Waals surface area contributed by atoms with Crippen molar-refractivity contribution in [3.63, 3.8) is 0 Å². The largest absolute Gasteiger partial charge is 0.396 e. The van der Waals surface area contributed by atoms with Gasteiger partial charge in [0.25, 0.3) is 0 Å². The lowest BCUT2D eigenvalue weighted by Crippen LogP contribution is -2.21. The highest BCUT2D eigenvalue weighted by Crippen LogP contribution is 2.40. The number of hydrogen-bond acceptors (Lipinski definition) is 3.